The number of aromatic nitrogens is 1. The van der Waals surface area contributed by atoms with Gasteiger partial charge in [0.25, 0.3) is 0 Å². The van der Waals surface area contributed by atoms with Crippen molar-refractivity contribution in [2.75, 3.05) is 19.5 Å². The number of esters is 1. The number of ether oxygens (including phenoxy) is 2. The van der Waals surface area contributed by atoms with Crippen molar-refractivity contribution in [2.45, 2.75) is 6.92 Å². The molecule has 2 rings (SSSR count). The maximum absolute atomic E-state index is 12.1. The highest BCUT2D eigenvalue weighted by Crippen LogP contribution is 2.33. The third-order valence-electron chi connectivity index (χ3n) is 3.30. The molecule has 0 aliphatic carbocycles. The zero-order valence-electron chi connectivity index (χ0n) is 13.2. The summed E-state index contributed by atoms with van der Waals surface area (Å²) in [6, 6.07) is 10.6. The Labute approximate surface area is 138 Å². The summed E-state index contributed by atoms with van der Waals surface area (Å²) in [4.78, 5) is 16.0. The van der Waals surface area contributed by atoms with Gasteiger partial charge in [-0.15, -0.1) is 0 Å². The van der Waals surface area contributed by atoms with Crippen LogP contribution in [0.3, 0.4) is 0 Å². The van der Waals surface area contributed by atoms with E-state index in [2.05, 4.69) is 4.98 Å². The minimum absolute atomic E-state index is 0.0322. The molecule has 0 saturated carbocycles. The van der Waals surface area contributed by atoms with Gasteiger partial charge < -0.3 is 15.2 Å². The van der Waals surface area contributed by atoms with Crippen LogP contribution < -0.4 is 10.5 Å². The average Bonchev–Trinajstić information content (AvgIpc) is 2.61. The molecule has 0 atom stereocenters. The second kappa shape index (κ2) is 7.12. The Kier molecular flexibility index (Phi) is 4.98. The van der Waals surface area contributed by atoms with Crippen LogP contribution in [0.2, 0.25) is 0 Å². The number of nitriles is 2. The molecule has 120 valence electrons. The van der Waals surface area contributed by atoms with Crippen molar-refractivity contribution in [3.8, 4) is 29.0 Å². The predicted octanol–water partition coefficient (Wildman–Crippen LogP) is 2.26. The summed E-state index contributed by atoms with van der Waals surface area (Å²) in [6.45, 7) is 1.77. The van der Waals surface area contributed by atoms with E-state index in [1.165, 1.54) is 7.11 Å². The molecule has 0 fully saturated rings. The van der Waals surface area contributed by atoms with E-state index in [-0.39, 0.29) is 34.8 Å². The van der Waals surface area contributed by atoms with Gasteiger partial charge in [0.2, 0.25) is 0 Å². The van der Waals surface area contributed by atoms with Crippen LogP contribution in [-0.4, -0.2) is 24.7 Å². The molecule has 1 aromatic heterocycles. The summed E-state index contributed by atoms with van der Waals surface area (Å²) in [7, 11) is 1.53. The van der Waals surface area contributed by atoms with Crippen LogP contribution in [-0.2, 0) is 4.74 Å². The monoisotopic (exact) mass is 322 g/mol. The quantitative estimate of drug-likeness (QED) is 0.856. The van der Waals surface area contributed by atoms with Crippen LogP contribution in [0.1, 0.15) is 28.5 Å². The van der Waals surface area contributed by atoms with E-state index in [0.717, 1.165) is 0 Å². The van der Waals surface area contributed by atoms with Crippen LogP contribution >= 0.6 is 0 Å². The third kappa shape index (κ3) is 2.96. The second-order valence-electron chi connectivity index (χ2n) is 4.64. The largest absolute Gasteiger partial charge is 0.497 e. The molecule has 0 aliphatic heterocycles. The molecule has 7 nitrogen and oxygen atoms in total. The molecule has 0 spiro atoms. The Hall–Kier alpha value is -3.58. The van der Waals surface area contributed by atoms with E-state index in [4.69, 9.17) is 15.2 Å². The average molecular weight is 322 g/mol. The summed E-state index contributed by atoms with van der Waals surface area (Å²) in [5.41, 5.74) is 6.38. The number of carbonyl (C=O) groups excluding carboxylic acids is 1. The summed E-state index contributed by atoms with van der Waals surface area (Å²) < 4.78 is 10.0. The number of nitrogens with zero attached hydrogens (tertiary/aromatic N) is 3. The lowest BCUT2D eigenvalue weighted by atomic mass is 9.94. The lowest BCUT2D eigenvalue weighted by molar-refractivity contribution is 0.0519. The zero-order chi connectivity index (χ0) is 17.7. The number of nitrogens with two attached hydrogens (primary N) is 1. The minimum atomic E-state index is -0.764. The minimum Gasteiger partial charge on any atom is -0.497 e. The first-order valence-electron chi connectivity index (χ1n) is 7.02. The van der Waals surface area contributed by atoms with Crippen molar-refractivity contribution >= 4 is 11.8 Å². The predicted molar refractivity (Wildman–Crippen MR) is 86.0 cm³/mol. The molecular formula is C17H14N4O3. The van der Waals surface area contributed by atoms with Crippen molar-refractivity contribution in [1.82, 2.24) is 4.98 Å². The lowest BCUT2D eigenvalue weighted by Crippen LogP contribution is -2.13. The number of benzene rings is 1. The van der Waals surface area contributed by atoms with Crippen LogP contribution in [0.25, 0.3) is 11.1 Å². The Morgan fingerprint density at radius 3 is 2.33 bits per heavy atom. The van der Waals surface area contributed by atoms with Gasteiger partial charge in [0, 0.05) is 5.56 Å². The summed E-state index contributed by atoms with van der Waals surface area (Å²) in [6.07, 6.45) is 0. The Balaban J connectivity index is 2.78. The fourth-order valence-corrected chi connectivity index (χ4v) is 2.22. The highest BCUT2D eigenvalue weighted by molar-refractivity contribution is 5.95. The Bertz CT molecular complexity index is 861. The Morgan fingerprint density at radius 2 is 1.83 bits per heavy atom. The van der Waals surface area contributed by atoms with Gasteiger partial charge in [-0.1, -0.05) is 12.1 Å². The zero-order valence-corrected chi connectivity index (χ0v) is 13.2. The first-order chi connectivity index (χ1) is 11.6. The van der Waals surface area contributed by atoms with Gasteiger partial charge in [-0.2, -0.15) is 10.5 Å². The normalized spacial score (nSPS) is 9.67. The van der Waals surface area contributed by atoms with Crippen molar-refractivity contribution < 1.29 is 14.3 Å². The molecule has 0 amide bonds. The second-order valence-corrected chi connectivity index (χ2v) is 4.64. The molecule has 2 aromatic rings. The third-order valence-corrected chi connectivity index (χ3v) is 3.30. The highest BCUT2D eigenvalue weighted by Gasteiger charge is 2.24. The van der Waals surface area contributed by atoms with Gasteiger partial charge in [-0.3, -0.25) is 0 Å². The molecule has 2 N–H and O–H groups in total. The van der Waals surface area contributed by atoms with Gasteiger partial charge in [0.1, 0.15) is 29.3 Å². The van der Waals surface area contributed by atoms with Gasteiger partial charge in [-0.05, 0) is 24.6 Å². The van der Waals surface area contributed by atoms with Gasteiger partial charge >= 0.3 is 5.97 Å². The van der Waals surface area contributed by atoms with E-state index in [1.807, 2.05) is 12.1 Å². The number of anilines is 1. The molecule has 1 heterocycles. The maximum atomic E-state index is 12.1. The van der Waals surface area contributed by atoms with Crippen molar-refractivity contribution in [3.05, 3.63) is 41.1 Å². The topological polar surface area (TPSA) is 122 Å². The van der Waals surface area contributed by atoms with Gasteiger partial charge in [0.05, 0.1) is 19.3 Å². The molecule has 24 heavy (non-hydrogen) atoms. The van der Waals surface area contributed by atoms with Crippen LogP contribution in [0.5, 0.6) is 5.75 Å². The number of pyridine rings is 1. The smallest absolute Gasteiger partial charge is 0.358 e. The Morgan fingerprint density at radius 1 is 1.21 bits per heavy atom. The van der Waals surface area contributed by atoms with E-state index >= 15 is 0 Å². The molecular weight excluding hydrogens is 308 g/mol. The molecule has 0 unspecified atom stereocenters. The fourth-order valence-electron chi connectivity index (χ4n) is 2.22. The maximum Gasteiger partial charge on any atom is 0.358 e. The molecule has 0 bridgehead atoms. The number of hydrogen-bond acceptors (Lipinski definition) is 7. The standard InChI is InChI=1S/C17H14N4O3/c1-3-24-17(22)15-12(8-18)14(13(9-19)16(20)21-15)10-4-6-11(23-2)7-5-10/h4-7H,3H2,1-2H3,(H2,20,21). The highest BCUT2D eigenvalue weighted by atomic mass is 16.5. The van der Waals surface area contributed by atoms with Gasteiger partial charge in [-0.25, -0.2) is 9.78 Å². The van der Waals surface area contributed by atoms with E-state index < -0.39 is 5.97 Å². The number of nitrogen functional groups attached to an aromatic ring is 1. The summed E-state index contributed by atoms with van der Waals surface area (Å²) >= 11 is 0. The fraction of sp³-hybridized carbons (Fsp3) is 0.176. The summed E-state index contributed by atoms with van der Waals surface area (Å²) in [5.74, 6) is -0.284. The molecule has 7 heteroatoms. The SMILES string of the molecule is CCOC(=O)c1nc(N)c(C#N)c(-c2ccc(OC)cc2)c1C#N. The van der Waals surface area contributed by atoms with E-state index in [1.54, 1.807) is 31.2 Å². The molecule has 0 saturated heterocycles. The summed E-state index contributed by atoms with van der Waals surface area (Å²) in [5, 5.41) is 18.9. The number of rotatable bonds is 4. The van der Waals surface area contributed by atoms with Crippen molar-refractivity contribution in [2.24, 2.45) is 0 Å². The van der Waals surface area contributed by atoms with Crippen molar-refractivity contribution in [3.63, 3.8) is 0 Å². The molecule has 1 aromatic carbocycles. The molecule has 0 radical (unpaired) electrons. The number of hydrogen-bond donors (Lipinski definition) is 1. The lowest BCUT2D eigenvalue weighted by Gasteiger charge is -2.12. The molecule has 0 aliphatic rings. The van der Waals surface area contributed by atoms with Crippen LogP contribution in [0.15, 0.2) is 24.3 Å². The number of methoxy groups -OCH3 is 1. The van der Waals surface area contributed by atoms with Crippen LogP contribution in [0.4, 0.5) is 5.82 Å². The first-order valence-corrected chi connectivity index (χ1v) is 7.02. The van der Waals surface area contributed by atoms with E-state index in [9.17, 15) is 15.3 Å². The van der Waals surface area contributed by atoms with Crippen molar-refractivity contribution in [1.29, 1.82) is 10.5 Å². The van der Waals surface area contributed by atoms with E-state index in [0.29, 0.717) is 11.3 Å². The number of carbonyl (C=O) groups is 1. The van der Waals surface area contributed by atoms with Gasteiger partial charge in [0.15, 0.2) is 5.69 Å². The van der Waals surface area contributed by atoms with Crippen LogP contribution in [0, 0.1) is 22.7 Å². The first kappa shape index (κ1) is 16.8.